The summed E-state index contributed by atoms with van der Waals surface area (Å²) in [4.78, 5) is 19.6. The lowest BCUT2D eigenvalue weighted by molar-refractivity contribution is 0.102. The molecule has 9 heteroatoms. The van der Waals surface area contributed by atoms with Gasteiger partial charge >= 0.3 is 0 Å². The highest BCUT2D eigenvalue weighted by Gasteiger charge is 2.24. The second-order valence-electron chi connectivity index (χ2n) is 7.06. The Labute approximate surface area is 176 Å². The molecule has 1 saturated heterocycles. The van der Waals surface area contributed by atoms with Crippen LogP contribution in [0, 0.1) is 0 Å². The predicted molar refractivity (Wildman–Crippen MR) is 117 cm³/mol. The number of rotatable bonds is 6. The zero-order valence-electron chi connectivity index (χ0n) is 16.9. The Morgan fingerprint density at radius 1 is 1.14 bits per heavy atom. The van der Waals surface area contributed by atoms with Crippen molar-refractivity contribution in [2.45, 2.75) is 29.2 Å². The average molecular weight is 435 g/mol. The molecular weight excluding hydrogens is 408 g/mol. The van der Waals surface area contributed by atoms with Gasteiger partial charge in [0.2, 0.25) is 10.0 Å². The highest BCUT2D eigenvalue weighted by atomic mass is 32.2. The van der Waals surface area contributed by atoms with E-state index in [0.29, 0.717) is 11.3 Å². The number of thioether (sulfide) groups is 1. The Bertz CT molecular complexity index is 970. The van der Waals surface area contributed by atoms with Crippen LogP contribution < -0.4 is 10.2 Å². The number of hydrogen-bond acceptors (Lipinski definition) is 6. The van der Waals surface area contributed by atoms with E-state index in [1.54, 1.807) is 24.4 Å². The van der Waals surface area contributed by atoms with E-state index in [0.717, 1.165) is 40.9 Å². The summed E-state index contributed by atoms with van der Waals surface area (Å²) in [5, 5.41) is 3.71. The molecule has 156 valence electrons. The molecule has 1 amide bonds. The Kier molecular flexibility index (Phi) is 6.81. The van der Waals surface area contributed by atoms with E-state index < -0.39 is 10.0 Å². The van der Waals surface area contributed by atoms with Gasteiger partial charge in [-0.25, -0.2) is 17.7 Å². The molecule has 1 aliphatic heterocycles. The number of pyridine rings is 1. The van der Waals surface area contributed by atoms with Gasteiger partial charge in [0.15, 0.2) is 0 Å². The molecule has 1 fully saturated rings. The third-order valence-electron chi connectivity index (χ3n) is 4.89. The number of sulfonamides is 1. The number of nitrogens with one attached hydrogen (secondary N) is 1. The first kappa shape index (κ1) is 21.6. The van der Waals surface area contributed by atoms with E-state index in [9.17, 15) is 13.2 Å². The van der Waals surface area contributed by atoms with Gasteiger partial charge in [-0.3, -0.25) is 4.79 Å². The van der Waals surface area contributed by atoms with Crippen LogP contribution in [0.3, 0.4) is 0 Å². The Morgan fingerprint density at radius 2 is 1.86 bits per heavy atom. The summed E-state index contributed by atoms with van der Waals surface area (Å²) in [6, 6.07) is 8.41. The van der Waals surface area contributed by atoms with Crippen LogP contribution in [0.5, 0.6) is 0 Å². The molecule has 0 saturated carbocycles. The van der Waals surface area contributed by atoms with Gasteiger partial charge in [0.1, 0.15) is 0 Å². The third kappa shape index (κ3) is 4.91. The average Bonchev–Trinajstić information content (AvgIpc) is 2.74. The molecule has 0 spiro atoms. The minimum atomic E-state index is -3.64. The number of carbonyl (C=O) groups is 1. The topological polar surface area (TPSA) is 82.6 Å². The molecule has 0 aliphatic carbocycles. The zero-order valence-corrected chi connectivity index (χ0v) is 18.5. The van der Waals surface area contributed by atoms with Gasteiger partial charge in [-0.2, -0.15) is 0 Å². The molecule has 0 atom stereocenters. The molecule has 3 rings (SSSR count). The van der Waals surface area contributed by atoms with Crippen molar-refractivity contribution in [3.05, 3.63) is 42.1 Å². The summed E-state index contributed by atoms with van der Waals surface area (Å²) in [7, 11) is -0.685. The molecule has 0 unspecified atom stereocenters. The number of amides is 1. The number of carbonyl (C=O) groups excluding carboxylic acids is 1. The second kappa shape index (κ2) is 9.15. The fraction of sp³-hybridized carbons (Fsp3) is 0.400. The normalized spacial score (nSPS) is 14.8. The van der Waals surface area contributed by atoms with E-state index >= 15 is 0 Å². The quantitative estimate of drug-likeness (QED) is 0.703. The van der Waals surface area contributed by atoms with Gasteiger partial charge in [0.05, 0.1) is 27.4 Å². The molecule has 1 aromatic carbocycles. The van der Waals surface area contributed by atoms with Crippen LogP contribution in [0.1, 0.15) is 29.6 Å². The maximum atomic E-state index is 13.1. The lowest BCUT2D eigenvalue weighted by Gasteiger charge is -2.30. The maximum Gasteiger partial charge on any atom is 0.257 e. The molecule has 2 aromatic rings. The van der Waals surface area contributed by atoms with Crippen molar-refractivity contribution < 1.29 is 13.2 Å². The number of nitrogens with zero attached hydrogens (tertiary/aromatic N) is 3. The van der Waals surface area contributed by atoms with Gasteiger partial charge < -0.3 is 10.2 Å². The van der Waals surface area contributed by atoms with Crippen molar-refractivity contribution in [3.63, 3.8) is 0 Å². The van der Waals surface area contributed by atoms with Crippen molar-refractivity contribution in [3.8, 4) is 0 Å². The zero-order chi connectivity index (χ0) is 21.0. The van der Waals surface area contributed by atoms with Crippen LogP contribution in [-0.2, 0) is 10.0 Å². The van der Waals surface area contributed by atoms with Gasteiger partial charge in [-0.1, -0.05) is 0 Å². The SMILES string of the molecule is CSc1ccc(NC(=O)c2cc(S(=O)(=O)N(C)C)ccc2N2CCCCC2)cn1. The van der Waals surface area contributed by atoms with E-state index in [-0.39, 0.29) is 10.8 Å². The predicted octanol–water partition coefficient (Wildman–Crippen LogP) is 3.30. The highest BCUT2D eigenvalue weighted by Crippen LogP contribution is 2.28. The van der Waals surface area contributed by atoms with Crippen LogP contribution in [0.2, 0.25) is 0 Å². The van der Waals surface area contributed by atoms with Gasteiger partial charge in [-0.15, -0.1) is 11.8 Å². The molecule has 1 aliphatic rings. The van der Waals surface area contributed by atoms with Crippen molar-refractivity contribution in [2.24, 2.45) is 0 Å². The van der Waals surface area contributed by atoms with Crippen molar-refractivity contribution in [1.29, 1.82) is 0 Å². The fourth-order valence-electron chi connectivity index (χ4n) is 3.25. The first-order valence-corrected chi connectivity index (χ1v) is 12.1. The van der Waals surface area contributed by atoms with Crippen LogP contribution in [0.4, 0.5) is 11.4 Å². The number of piperidine rings is 1. The molecule has 1 aromatic heterocycles. The van der Waals surface area contributed by atoms with Crippen LogP contribution in [-0.4, -0.2) is 57.1 Å². The number of benzene rings is 1. The van der Waals surface area contributed by atoms with E-state index in [1.165, 1.54) is 38.3 Å². The first-order valence-electron chi connectivity index (χ1n) is 9.46. The summed E-state index contributed by atoms with van der Waals surface area (Å²) in [6.07, 6.45) is 6.81. The number of anilines is 2. The van der Waals surface area contributed by atoms with Crippen molar-refractivity contribution in [2.75, 3.05) is 43.7 Å². The third-order valence-corrected chi connectivity index (χ3v) is 7.36. The van der Waals surface area contributed by atoms with Gasteiger partial charge in [0, 0.05) is 32.9 Å². The summed E-state index contributed by atoms with van der Waals surface area (Å²) in [5.74, 6) is -0.347. The van der Waals surface area contributed by atoms with Crippen molar-refractivity contribution >= 4 is 39.1 Å². The second-order valence-corrected chi connectivity index (χ2v) is 10.0. The first-order chi connectivity index (χ1) is 13.8. The molecule has 1 N–H and O–H groups in total. The largest absolute Gasteiger partial charge is 0.371 e. The summed E-state index contributed by atoms with van der Waals surface area (Å²) >= 11 is 1.52. The molecular formula is C20H26N4O3S2. The van der Waals surface area contributed by atoms with E-state index in [4.69, 9.17) is 0 Å². The van der Waals surface area contributed by atoms with Gasteiger partial charge in [0.25, 0.3) is 5.91 Å². The summed E-state index contributed by atoms with van der Waals surface area (Å²) in [6.45, 7) is 1.70. The number of hydrogen-bond donors (Lipinski definition) is 1. The van der Waals surface area contributed by atoms with Crippen LogP contribution >= 0.6 is 11.8 Å². The van der Waals surface area contributed by atoms with Crippen molar-refractivity contribution in [1.82, 2.24) is 9.29 Å². The Hall–Kier alpha value is -2.10. The smallest absolute Gasteiger partial charge is 0.257 e. The summed E-state index contributed by atoms with van der Waals surface area (Å²) < 4.78 is 26.3. The minimum Gasteiger partial charge on any atom is -0.371 e. The lowest BCUT2D eigenvalue weighted by Crippen LogP contribution is -2.32. The monoisotopic (exact) mass is 434 g/mol. The van der Waals surface area contributed by atoms with Gasteiger partial charge in [-0.05, 0) is 55.9 Å². The Balaban J connectivity index is 1.98. The maximum absolute atomic E-state index is 13.1. The standard InChI is InChI=1S/C20H26N4O3S2/c1-23(2)29(26,27)16-8-9-18(24-11-5-4-6-12-24)17(13-16)20(25)22-15-7-10-19(28-3)21-14-15/h7-10,13-14H,4-6,11-12H2,1-3H3,(H,22,25). The molecule has 29 heavy (non-hydrogen) atoms. The fourth-order valence-corrected chi connectivity index (χ4v) is 4.54. The minimum absolute atomic E-state index is 0.101. The molecule has 2 heterocycles. The molecule has 0 bridgehead atoms. The van der Waals surface area contributed by atoms with Crippen LogP contribution in [0.25, 0.3) is 0 Å². The molecule has 7 nitrogen and oxygen atoms in total. The number of aromatic nitrogens is 1. The van der Waals surface area contributed by atoms with E-state index in [1.807, 2.05) is 12.3 Å². The Morgan fingerprint density at radius 3 is 2.45 bits per heavy atom. The van der Waals surface area contributed by atoms with Crippen LogP contribution in [0.15, 0.2) is 46.5 Å². The summed E-state index contributed by atoms with van der Waals surface area (Å²) in [5.41, 5.74) is 1.68. The lowest BCUT2D eigenvalue weighted by atomic mass is 10.1. The highest BCUT2D eigenvalue weighted by molar-refractivity contribution is 7.98. The van der Waals surface area contributed by atoms with E-state index in [2.05, 4.69) is 15.2 Å². The molecule has 0 radical (unpaired) electrons.